The second-order valence-corrected chi connectivity index (χ2v) is 4.68. The van der Waals surface area contributed by atoms with E-state index in [1.165, 1.54) is 19.3 Å². The van der Waals surface area contributed by atoms with Crippen molar-refractivity contribution in [2.24, 2.45) is 0 Å². The van der Waals surface area contributed by atoms with E-state index in [1.54, 1.807) is 13.8 Å². The molecule has 1 atom stereocenters. The number of likely N-dealkylation sites (tertiary alicyclic amines) is 1. The molecule has 0 spiro atoms. The minimum Gasteiger partial charge on any atom is -0.294 e. The lowest BCUT2D eigenvalue weighted by Crippen LogP contribution is -2.53. The van der Waals surface area contributed by atoms with Gasteiger partial charge in [0.15, 0.2) is 0 Å². The highest BCUT2D eigenvalue weighted by Gasteiger charge is 2.41. The standard InChI is InChI=1S/C10H20N2O2.HI/c1-9(10(2,3)12(13)14)11-7-5-4-6-8-11;/h9H,4-8H2,1-3H3;1H. The highest BCUT2D eigenvalue weighted by molar-refractivity contribution is 14.0. The Labute approximate surface area is 109 Å². The lowest BCUT2D eigenvalue weighted by atomic mass is 9.94. The van der Waals surface area contributed by atoms with Crippen LogP contribution in [-0.2, 0) is 0 Å². The first-order chi connectivity index (χ1) is 6.46. The van der Waals surface area contributed by atoms with Crippen molar-refractivity contribution in [3.63, 3.8) is 0 Å². The van der Waals surface area contributed by atoms with E-state index < -0.39 is 5.54 Å². The van der Waals surface area contributed by atoms with Crippen LogP contribution in [-0.4, -0.2) is 34.5 Å². The fourth-order valence-electron chi connectivity index (χ4n) is 1.91. The van der Waals surface area contributed by atoms with Crippen LogP contribution in [0.1, 0.15) is 40.0 Å². The Morgan fingerprint density at radius 1 is 1.27 bits per heavy atom. The Kier molecular flexibility index (Phi) is 6.02. The molecular weight excluding hydrogens is 307 g/mol. The molecule has 0 amide bonds. The van der Waals surface area contributed by atoms with Crippen LogP contribution in [0, 0.1) is 10.1 Å². The summed E-state index contributed by atoms with van der Waals surface area (Å²) in [7, 11) is 0. The van der Waals surface area contributed by atoms with Crippen molar-refractivity contribution in [1.29, 1.82) is 0 Å². The van der Waals surface area contributed by atoms with Crippen LogP contribution in [0.25, 0.3) is 0 Å². The predicted octanol–water partition coefficient (Wildman–Crippen LogP) is 2.53. The van der Waals surface area contributed by atoms with Crippen molar-refractivity contribution >= 4 is 24.0 Å². The number of hydrogen-bond donors (Lipinski definition) is 0. The van der Waals surface area contributed by atoms with Gasteiger partial charge in [-0.1, -0.05) is 6.42 Å². The maximum Gasteiger partial charge on any atom is 0.231 e. The molecule has 0 aliphatic carbocycles. The molecular formula is C10H21IN2O2. The van der Waals surface area contributed by atoms with Crippen LogP contribution >= 0.6 is 24.0 Å². The molecule has 0 saturated carbocycles. The molecule has 0 bridgehead atoms. The number of rotatable bonds is 3. The molecule has 0 aromatic carbocycles. The summed E-state index contributed by atoms with van der Waals surface area (Å²) >= 11 is 0. The maximum absolute atomic E-state index is 10.9. The highest BCUT2D eigenvalue weighted by Crippen LogP contribution is 2.22. The molecule has 0 aromatic heterocycles. The van der Waals surface area contributed by atoms with Crippen LogP contribution in [0.4, 0.5) is 0 Å². The topological polar surface area (TPSA) is 46.4 Å². The molecule has 15 heavy (non-hydrogen) atoms. The van der Waals surface area contributed by atoms with Gasteiger partial charge in [-0.3, -0.25) is 15.0 Å². The number of hydrogen-bond acceptors (Lipinski definition) is 3. The molecule has 1 rings (SSSR count). The Morgan fingerprint density at radius 3 is 2.13 bits per heavy atom. The lowest BCUT2D eigenvalue weighted by Gasteiger charge is -2.36. The molecule has 4 nitrogen and oxygen atoms in total. The summed E-state index contributed by atoms with van der Waals surface area (Å²) in [4.78, 5) is 13.0. The van der Waals surface area contributed by atoms with Gasteiger partial charge in [0, 0.05) is 18.8 Å². The van der Waals surface area contributed by atoms with Gasteiger partial charge in [-0.25, -0.2) is 0 Å². The lowest BCUT2D eigenvalue weighted by molar-refractivity contribution is -0.568. The zero-order chi connectivity index (χ0) is 10.8. The molecule has 0 N–H and O–H groups in total. The SMILES string of the molecule is CC(N1CCCCC1)C(C)(C)[N+](=O)[O-].I. The normalized spacial score (nSPS) is 20.5. The smallest absolute Gasteiger partial charge is 0.231 e. The predicted molar refractivity (Wildman–Crippen MR) is 71.4 cm³/mol. The van der Waals surface area contributed by atoms with Crippen molar-refractivity contribution in [1.82, 2.24) is 4.90 Å². The minimum atomic E-state index is -0.836. The van der Waals surface area contributed by atoms with E-state index in [0.717, 1.165) is 13.1 Å². The minimum absolute atomic E-state index is 0. The summed E-state index contributed by atoms with van der Waals surface area (Å²) < 4.78 is 0. The zero-order valence-electron chi connectivity index (χ0n) is 9.73. The van der Waals surface area contributed by atoms with E-state index in [-0.39, 0.29) is 34.9 Å². The van der Waals surface area contributed by atoms with E-state index in [0.29, 0.717) is 0 Å². The first-order valence-corrected chi connectivity index (χ1v) is 5.35. The van der Waals surface area contributed by atoms with E-state index >= 15 is 0 Å². The molecule has 0 radical (unpaired) electrons. The third kappa shape index (κ3) is 3.55. The number of halogens is 1. The molecule has 90 valence electrons. The van der Waals surface area contributed by atoms with Gasteiger partial charge in [0.05, 0.1) is 6.04 Å². The van der Waals surface area contributed by atoms with Crippen LogP contribution in [0.2, 0.25) is 0 Å². The second-order valence-electron chi connectivity index (χ2n) is 4.68. The monoisotopic (exact) mass is 328 g/mol. The van der Waals surface area contributed by atoms with Gasteiger partial charge in [-0.05, 0) is 32.9 Å². The summed E-state index contributed by atoms with van der Waals surface area (Å²) in [6.45, 7) is 7.42. The fourth-order valence-corrected chi connectivity index (χ4v) is 1.91. The number of nitrogens with zero attached hydrogens (tertiary/aromatic N) is 2. The molecule has 1 unspecified atom stereocenters. The fraction of sp³-hybridized carbons (Fsp3) is 1.00. The Bertz CT molecular complexity index is 215. The highest BCUT2D eigenvalue weighted by atomic mass is 127. The van der Waals surface area contributed by atoms with Gasteiger partial charge in [0.25, 0.3) is 0 Å². The van der Waals surface area contributed by atoms with E-state index in [9.17, 15) is 10.1 Å². The first kappa shape index (κ1) is 15.1. The summed E-state index contributed by atoms with van der Waals surface area (Å²) in [5, 5.41) is 10.9. The van der Waals surface area contributed by atoms with Gasteiger partial charge in [-0.15, -0.1) is 24.0 Å². The van der Waals surface area contributed by atoms with Crippen molar-refractivity contribution in [3.8, 4) is 0 Å². The molecule has 5 heteroatoms. The molecule has 0 aromatic rings. The summed E-state index contributed by atoms with van der Waals surface area (Å²) in [5.41, 5.74) is -0.836. The first-order valence-electron chi connectivity index (χ1n) is 5.35. The van der Waals surface area contributed by atoms with Crippen molar-refractivity contribution in [2.45, 2.75) is 51.6 Å². The number of nitro groups is 1. The average molecular weight is 328 g/mol. The molecule has 1 fully saturated rings. The van der Waals surface area contributed by atoms with Gasteiger partial charge < -0.3 is 0 Å². The van der Waals surface area contributed by atoms with Crippen LogP contribution in [0.5, 0.6) is 0 Å². The van der Waals surface area contributed by atoms with Crippen LogP contribution in [0.3, 0.4) is 0 Å². The quantitative estimate of drug-likeness (QED) is 0.454. The van der Waals surface area contributed by atoms with E-state index in [2.05, 4.69) is 4.90 Å². The Hall–Kier alpha value is 0.0900. The maximum atomic E-state index is 10.9. The summed E-state index contributed by atoms with van der Waals surface area (Å²) in [6, 6.07) is 0.0257. The van der Waals surface area contributed by atoms with Gasteiger partial charge in [-0.2, -0.15) is 0 Å². The Balaban J connectivity index is 0.00000196. The van der Waals surface area contributed by atoms with Gasteiger partial charge in [0.1, 0.15) is 0 Å². The average Bonchev–Trinajstić information content (AvgIpc) is 2.17. The van der Waals surface area contributed by atoms with Crippen molar-refractivity contribution < 1.29 is 4.92 Å². The third-order valence-corrected chi connectivity index (χ3v) is 3.43. The van der Waals surface area contributed by atoms with Crippen molar-refractivity contribution in [3.05, 3.63) is 10.1 Å². The largest absolute Gasteiger partial charge is 0.294 e. The third-order valence-electron chi connectivity index (χ3n) is 3.43. The van der Waals surface area contributed by atoms with Gasteiger partial charge in [0.2, 0.25) is 5.54 Å². The van der Waals surface area contributed by atoms with E-state index in [4.69, 9.17) is 0 Å². The van der Waals surface area contributed by atoms with E-state index in [1.807, 2.05) is 6.92 Å². The Morgan fingerprint density at radius 2 is 1.73 bits per heavy atom. The molecule has 1 heterocycles. The molecule has 1 aliphatic heterocycles. The summed E-state index contributed by atoms with van der Waals surface area (Å²) in [5.74, 6) is 0. The molecule has 1 aliphatic rings. The number of piperidine rings is 1. The van der Waals surface area contributed by atoms with Crippen LogP contribution < -0.4 is 0 Å². The van der Waals surface area contributed by atoms with Crippen molar-refractivity contribution in [2.75, 3.05) is 13.1 Å². The van der Waals surface area contributed by atoms with Crippen LogP contribution in [0.15, 0.2) is 0 Å². The second kappa shape index (κ2) is 5.98. The zero-order valence-corrected chi connectivity index (χ0v) is 12.1. The van der Waals surface area contributed by atoms with Gasteiger partial charge >= 0.3 is 0 Å². The molecule has 1 saturated heterocycles. The summed E-state index contributed by atoms with van der Waals surface area (Å²) in [6.07, 6.45) is 3.62.